The average Bonchev–Trinajstić information content (AvgIpc) is 1.35. The number of amides is 11. The molecule has 92 heavy (non-hydrogen) atoms. The molecule has 2 aromatic carbocycles. The van der Waals surface area contributed by atoms with Crippen molar-refractivity contribution in [2.45, 2.75) is 210 Å². The third kappa shape index (κ3) is 16.5. The molecule has 2 aliphatic carbocycles. The highest BCUT2D eigenvalue weighted by molar-refractivity contribution is 6.31. The molecule has 0 radical (unpaired) electrons. The van der Waals surface area contributed by atoms with Gasteiger partial charge in [-0.2, -0.15) is 13.2 Å². The smallest absolute Gasteiger partial charge is 0.351 e. The number of hydrogen-bond donors (Lipinski definition) is 4. The first-order valence-electron chi connectivity index (χ1n) is 32.4. The summed E-state index contributed by atoms with van der Waals surface area (Å²) in [4.78, 5) is 170. The fraction of sp³-hybridized carbons (Fsp3) is 0.652. The highest BCUT2D eigenvalue weighted by atomic mass is 35.5. The topological polar surface area (TPSA) is 259 Å². The van der Waals surface area contributed by atoms with Gasteiger partial charge in [0.15, 0.2) is 0 Å². The van der Waals surface area contributed by atoms with Gasteiger partial charge in [0.2, 0.25) is 65.0 Å². The summed E-state index contributed by atoms with van der Waals surface area (Å²) in [5.41, 5.74) is -0.661. The van der Waals surface area contributed by atoms with Gasteiger partial charge < -0.3 is 55.6 Å². The molecule has 1 spiro atoms. The van der Waals surface area contributed by atoms with Gasteiger partial charge in [-0.15, -0.1) is 0 Å². The molecule has 506 valence electrons. The molecule has 5 aliphatic rings. The number of alkyl halides is 3. The van der Waals surface area contributed by atoms with Crippen molar-refractivity contribution in [3.8, 4) is 0 Å². The number of nitrogens with one attached hydrogen (secondary N) is 4. The highest BCUT2D eigenvalue weighted by Crippen LogP contribution is 2.38. The van der Waals surface area contributed by atoms with Crippen molar-refractivity contribution < 1.29 is 65.9 Å². The molecule has 4 N–H and O–H groups in total. The van der Waals surface area contributed by atoms with Crippen LogP contribution in [0.5, 0.6) is 0 Å². The standard InChI is InChI=1S/C66H93ClF3N11O11/c1-12-39(3)54-63(91)77(9)42(6)59(87)81-33-29-50(81)62(90)78(10)51(36-44-23-21-38(2)22-24-44)61(89)75(7)37-52(82)72-48(28-26-43-25-27-46(47(67)35-43)66(68,69)70)60(88)80-32-17-20-49(80)57(85)74-65(30-15-16-31-65)64(92)79(11)55(45-18-13-14-19-45)58(86)71-40(4)34-53(83)76(8)41(5)56(84)73-54/h21-25,27,35,39-42,45,48-51,54-55H,12-20,26,28-34,36-37H2,1-11H3,(H,71,86)(H,72,82)(H,73,84)(H,74,85)/t39-,40+,41-,42-,48-,49-,50-,51-,54-,55-/m0/s1. The molecule has 22 nitrogen and oxygen atoms in total. The van der Waals surface area contributed by atoms with Crippen molar-refractivity contribution in [2.75, 3.05) is 54.9 Å². The number of carbonyl (C=O) groups is 11. The molecule has 0 aromatic heterocycles. The van der Waals surface area contributed by atoms with Gasteiger partial charge >= 0.3 is 6.18 Å². The Morgan fingerprint density at radius 3 is 1.87 bits per heavy atom. The predicted octanol–water partition coefficient (Wildman–Crippen LogP) is 4.78. The second-order valence-corrected chi connectivity index (χ2v) is 26.7. The van der Waals surface area contributed by atoms with E-state index < -0.39 is 154 Å². The first kappa shape index (κ1) is 72.1. The third-order valence-corrected chi connectivity index (χ3v) is 20.2. The van der Waals surface area contributed by atoms with Crippen LogP contribution in [0.2, 0.25) is 5.02 Å². The summed E-state index contributed by atoms with van der Waals surface area (Å²) in [5.74, 6) is -7.51. The number of benzene rings is 2. The second-order valence-electron chi connectivity index (χ2n) is 26.3. The summed E-state index contributed by atoms with van der Waals surface area (Å²) in [7, 11) is 7.16. The maximum absolute atomic E-state index is 15.2. The predicted molar refractivity (Wildman–Crippen MR) is 337 cm³/mol. The Hall–Kier alpha value is -7.31. The van der Waals surface area contributed by atoms with Crippen LogP contribution in [0.1, 0.15) is 147 Å². The van der Waals surface area contributed by atoms with Crippen LogP contribution in [0.25, 0.3) is 0 Å². The monoisotopic (exact) mass is 1310 g/mol. The van der Waals surface area contributed by atoms with E-state index in [-0.39, 0.29) is 70.4 Å². The molecular formula is C66H93ClF3N11O11. The molecule has 2 saturated carbocycles. The molecule has 3 heterocycles. The number of carbonyl (C=O) groups excluding carboxylic acids is 11. The zero-order valence-corrected chi connectivity index (χ0v) is 55.7. The van der Waals surface area contributed by atoms with Crippen LogP contribution in [0.15, 0.2) is 42.5 Å². The summed E-state index contributed by atoms with van der Waals surface area (Å²) >= 11 is 6.13. The Kier molecular flexibility index (Phi) is 24.0. The van der Waals surface area contributed by atoms with Gasteiger partial charge in [-0.25, -0.2) is 0 Å². The van der Waals surface area contributed by atoms with Crippen molar-refractivity contribution in [3.05, 3.63) is 69.7 Å². The van der Waals surface area contributed by atoms with Gasteiger partial charge in [0.05, 0.1) is 17.1 Å². The largest absolute Gasteiger partial charge is 0.417 e. The Morgan fingerprint density at radius 2 is 1.27 bits per heavy atom. The summed E-state index contributed by atoms with van der Waals surface area (Å²) in [5, 5.41) is 11.0. The number of hydrogen-bond acceptors (Lipinski definition) is 11. The number of fused-ring (bicyclic) bond motifs is 2. The van der Waals surface area contributed by atoms with E-state index in [0.717, 1.165) is 35.4 Å². The van der Waals surface area contributed by atoms with Crippen LogP contribution in [-0.2, 0) is 71.8 Å². The molecule has 11 amide bonds. The number of aryl methyl sites for hydroxylation is 2. The summed E-state index contributed by atoms with van der Waals surface area (Å²) in [6.45, 7) is 9.68. The summed E-state index contributed by atoms with van der Waals surface area (Å²) in [6.07, 6.45) is 0.306. The summed E-state index contributed by atoms with van der Waals surface area (Å²) < 4.78 is 41.4. The zero-order chi connectivity index (χ0) is 67.8. The van der Waals surface area contributed by atoms with E-state index in [1.807, 2.05) is 26.0 Å². The van der Waals surface area contributed by atoms with Crippen molar-refractivity contribution >= 4 is 76.6 Å². The minimum absolute atomic E-state index is 0.0269. The van der Waals surface area contributed by atoms with E-state index in [1.165, 1.54) is 84.6 Å². The maximum Gasteiger partial charge on any atom is 0.417 e. The average molecular weight is 1310 g/mol. The zero-order valence-electron chi connectivity index (χ0n) is 55.0. The van der Waals surface area contributed by atoms with Crippen molar-refractivity contribution in [2.24, 2.45) is 11.8 Å². The lowest BCUT2D eigenvalue weighted by Gasteiger charge is -2.45. The van der Waals surface area contributed by atoms with E-state index in [2.05, 4.69) is 21.3 Å². The normalized spacial score (nSPS) is 27.8. The lowest BCUT2D eigenvalue weighted by Crippen LogP contribution is -2.65. The highest BCUT2D eigenvalue weighted by Gasteiger charge is 2.51. The molecule has 5 fully saturated rings. The minimum atomic E-state index is -4.75. The van der Waals surface area contributed by atoms with Crippen molar-refractivity contribution in [1.82, 2.24) is 55.6 Å². The Bertz CT molecular complexity index is 3090. The third-order valence-electron chi connectivity index (χ3n) is 19.9. The Balaban J connectivity index is 1.24. The molecule has 26 heteroatoms. The number of likely N-dealkylation sites (N-methyl/N-ethyl adjacent to an activating group) is 5. The number of rotatable bonds is 8. The van der Waals surface area contributed by atoms with Crippen LogP contribution >= 0.6 is 11.6 Å². The first-order valence-corrected chi connectivity index (χ1v) is 32.7. The SMILES string of the molecule is CC[C@H](C)[C@@H]1NC(=O)[C@H](C)N(C)C(=O)C[C@@H](C)NC(=O)[C@H](C2CCCC2)N(C)C(=O)C2(CCCC2)NC(=O)[C@@H]2CCCN2C(=O)[C@H](CCc2ccc(C(F)(F)F)c(Cl)c2)NC(=O)CN(C)C(=O)[C@H](Cc2ccc(C)cc2)N(C)C(=O)[C@@H]2CCN2C(=O)[C@H](C)N(C)C1=O. The van der Waals surface area contributed by atoms with Crippen LogP contribution < -0.4 is 21.3 Å². The number of nitrogens with zero attached hydrogens (tertiary/aromatic N) is 7. The maximum atomic E-state index is 15.2. The molecule has 3 saturated heterocycles. The Morgan fingerprint density at radius 1 is 0.641 bits per heavy atom. The van der Waals surface area contributed by atoms with E-state index in [4.69, 9.17) is 11.6 Å². The first-order chi connectivity index (χ1) is 43.3. The van der Waals surface area contributed by atoms with Gasteiger partial charge in [0.1, 0.15) is 53.9 Å². The quantitative estimate of drug-likeness (QED) is 0.280. The molecule has 2 aromatic rings. The number of halogens is 4. The minimum Gasteiger partial charge on any atom is -0.351 e. The van der Waals surface area contributed by atoms with Crippen LogP contribution in [0.3, 0.4) is 0 Å². The molecule has 7 rings (SSSR count). The van der Waals surface area contributed by atoms with Gasteiger partial charge in [-0.05, 0) is 121 Å². The fourth-order valence-corrected chi connectivity index (χ4v) is 13.8. The van der Waals surface area contributed by atoms with Crippen LogP contribution in [0, 0.1) is 18.8 Å². The van der Waals surface area contributed by atoms with Gasteiger partial charge in [0.25, 0.3) is 0 Å². The van der Waals surface area contributed by atoms with Gasteiger partial charge in [-0.1, -0.05) is 93.4 Å². The van der Waals surface area contributed by atoms with Crippen molar-refractivity contribution in [1.29, 1.82) is 0 Å². The molecule has 3 aliphatic heterocycles. The van der Waals surface area contributed by atoms with Gasteiger partial charge in [0, 0.05) is 67.2 Å². The van der Waals surface area contributed by atoms with Gasteiger partial charge in [-0.3, -0.25) is 52.7 Å². The molecular weight excluding hydrogens is 1220 g/mol. The van der Waals surface area contributed by atoms with E-state index in [1.54, 1.807) is 26.0 Å². The fourth-order valence-electron chi connectivity index (χ4n) is 13.5. The van der Waals surface area contributed by atoms with Crippen LogP contribution in [0.4, 0.5) is 13.2 Å². The van der Waals surface area contributed by atoms with Crippen LogP contribution in [-0.4, -0.2) is 214 Å². The van der Waals surface area contributed by atoms with E-state index in [0.29, 0.717) is 49.7 Å². The molecule has 0 unspecified atom stereocenters. The lowest BCUT2D eigenvalue weighted by atomic mass is 9.90. The lowest BCUT2D eigenvalue weighted by molar-refractivity contribution is -0.160. The second kappa shape index (κ2) is 30.6. The van der Waals surface area contributed by atoms with E-state index >= 15 is 9.59 Å². The summed E-state index contributed by atoms with van der Waals surface area (Å²) in [6, 6.07) is 0.359. The van der Waals surface area contributed by atoms with Crippen molar-refractivity contribution in [3.63, 3.8) is 0 Å². The molecule has 10 atom stereocenters. The molecule has 0 bridgehead atoms. The van der Waals surface area contributed by atoms with E-state index in [9.17, 15) is 56.3 Å². The Labute approximate surface area is 542 Å².